The second-order valence-electron chi connectivity index (χ2n) is 6.50. The van der Waals surface area contributed by atoms with E-state index in [1.807, 2.05) is 0 Å². The van der Waals surface area contributed by atoms with E-state index in [1.165, 1.54) is 42.8 Å². The van der Waals surface area contributed by atoms with E-state index in [0.717, 1.165) is 38.5 Å². The van der Waals surface area contributed by atoms with E-state index in [2.05, 4.69) is 17.0 Å². The number of rotatable bonds is 6. The SMILES string of the molecule is COCCN1CCCc2ccc(CCC3CC(N)C3)nc21. The molecule has 1 saturated carbocycles. The van der Waals surface area contributed by atoms with Crippen LogP contribution in [0.25, 0.3) is 0 Å². The standard InChI is InChI=1S/C17H27N3O/c1-21-10-9-20-8-2-3-14-5-7-16(19-17(14)20)6-4-13-11-15(18)12-13/h5,7,13,15H,2-4,6,8-12,18H2,1H3. The Morgan fingerprint density at radius 3 is 3.00 bits per heavy atom. The molecule has 1 aliphatic heterocycles. The van der Waals surface area contributed by atoms with Gasteiger partial charge in [-0.3, -0.25) is 0 Å². The highest BCUT2D eigenvalue weighted by Gasteiger charge is 2.25. The molecule has 1 aliphatic carbocycles. The summed E-state index contributed by atoms with van der Waals surface area (Å²) in [5, 5.41) is 0. The molecule has 2 heterocycles. The van der Waals surface area contributed by atoms with E-state index in [1.54, 1.807) is 7.11 Å². The van der Waals surface area contributed by atoms with E-state index in [0.29, 0.717) is 6.04 Å². The van der Waals surface area contributed by atoms with Gasteiger partial charge in [0.05, 0.1) is 6.61 Å². The van der Waals surface area contributed by atoms with Crippen molar-refractivity contribution in [3.8, 4) is 0 Å². The van der Waals surface area contributed by atoms with Crippen LogP contribution in [-0.4, -0.2) is 37.8 Å². The zero-order chi connectivity index (χ0) is 14.7. The maximum Gasteiger partial charge on any atom is 0.132 e. The van der Waals surface area contributed by atoms with Gasteiger partial charge in [0.15, 0.2) is 0 Å². The van der Waals surface area contributed by atoms with Gasteiger partial charge >= 0.3 is 0 Å². The van der Waals surface area contributed by atoms with Gasteiger partial charge < -0.3 is 15.4 Å². The highest BCUT2D eigenvalue weighted by atomic mass is 16.5. The molecular formula is C17H27N3O. The molecule has 0 radical (unpaired) electrons. The fourth-order valence-corrected chi connectivity index (χ4v) is 3.49. The summed E-state index contributed by atoms with van der Waals surface area (Å²) in [7, 11) is 1.76. The fraction of sp³-hybridized carbons (Fsp3) is 0.706. The molecule has 0 atom stereocenters. The van der Waals surface area contributed by atoms with Gasteiger partial charge in [-0.25, -0.2) is 4.98 Å². The minimum absolute atomic E-state index is 0.455. The Morgan fingerprint density at radius 1 is 1.38 bits per heavy atom. The number of nitrogens with two attached hydrogens (primary N) is 1. The van der Waals surface area contributed by atoms with Crippen LogP contribution >= 0.6 is 0 Å². The molecule has 0 aromatic carbocycles. The largest absolute Gasteiger partial charge is 0.383 e. The van der Waals surface area contributed by atoms with E-state index in [9.17, 15) is 0 Å². The lowest BCUT2D eigenvalue weighted by atomic mass is 9.78. The number of pyridine rings is 1. The second kappa shape index (κ2) is 6.75. The number of anilines is 1. The average Bonchev–Trinajstić information content (AvgIpc) is 2.48. The van der Waals surface area contributed by atoms with E-state index in [-0.39, 0.29) is 0 Å². The molecule has 1 aromatic rings. The third kappa shape index (κ3) is 3.55. The van der Waals surface area contributed by atoms with Crippen LogP contribution in [0.5, 0.6) is 0 Å². The predicted molar refractivity (Wildman–Crippen MR) is 85.7 cm³/mol. The zero-order valence-electron chi connectivity index (χ0n) is 13.1. The molecule has 0 bridgehead atoms. The van der Waals surface area contributed by atoms with Gasteiger partial charge in [0, 0.05) is 31.9 Å². The quantitative estimate of drug-likeness (QED) is 0.872. The molecule has 2 N–H and O–H groups in total. The Balaban J connectivity index is 1.63. The smallest absolute Gasteiger partial charge is 0.132 e. The van der Waals surface area contributed by atoms with Gasteiger partial charge in [-0.15, -0.1) is 0 Å². The van der Waals surface area contributed by atoms with Crippen molar-refractivity contribution in [2.24, 2.45) is 11.7 Å². The van der Waals surface area contributed by atoms with Crippen molar-refractivity contribution in [3.63, 3.8) is 0 Å². The lowest BCUT2D eigenvalue weighted by Gasteiger charge is -2.33. The van der Waals surface area contributed by atoms with Gasteiger partial charge in [0.2, 0.25) is 0 Å². The van der Waals surface area contributed by atoms with Crippen LogP contribution in [0.4, 0.5) is 5.82 Å². The van der Waals surface area contributed by atoms with Gasteiger partial charge in [0.1, 0.15) is 5.82 Å². The summed E-state index contributed by atoms with van der Waals surface area (Å²) in [5.41, 5.74) is 8.49. The number of ether oxygens (including phenoxy) is 1. The van der Waals surface area contributed by atoms with Gasteiger partial charge in [-0.05, 0) is 56.1 Å². The van der Waals surface area contributed by atoms with Crippen molar-refractivity contribution in [3.05, 3.63) is 23.4 Å². The van der Waals surface area contributed by atoms with Crippen LogP contribution in [0, 0.1) is 5.92 Å². The first kappa shape index (κ1) is 14.8. The maximum atomic E-state index is 5.86. The van der Waals surface area contributed by atoms with Crippen molar-refractivity contribution >= 4 is 5.82 Å². The first-order valence-corrected chi connectivity index (χ1v) is 8.24. The molecule has 4 heteroatoms. The van der Waals surface area contributed by atoms with Gasteiger partial charge in [-0.1, -0.05) is 6.07 Å². The van der Waals surface area contributed by atoms with Crippen LogP contribution in [0.3, 0.4) is 0 Å². The molecule has 4 nitrogen and oxygen atoms in total. The molecule has 3 rings (SSSR count). The Labute approximate surface area is 127 Å². The number of methoxy groups -OCH3 is 1. The molecule has 0 amide bonds. The summed E-state index contributed by atoms with van der Waals surface area (Å²) in [6.07, 6.45) is 7.09. The van der Waals surface area contributed by atoms with Crippen LogP contribution in [0.15, 0.2) is 12.1 Å². The topological polar surface area (TPSA) is 51.4 Å². The van der Waals surface area contributed by atoms with Crippen molar-refractivity contribution < 1.29 is 4.74 Å². The minimum Gasteiger partial charge on any atom is -0.383 e. The molecular weight excluding hydrogens is 262 g/mol. The molecule has 1 fully saturated rings. The molecule has 0 unspecified atom stereocenters. The van der Waals surface area contributed by atoms with E-state index >= 15 is 0 Å². The molecule has 0 spiro atoms. The van der Waals surface area contributed by atoms with Crippen molar-refractivity contribution in [1.29, 1.82) is 0 Å². The maximum absolute atomic E-state index is 5.86. The Bertz CT molecular complexity index is 471. The fourth-order valence-electron chi connectivity index (χ4n) is 3.49. The second-order valence-corrected chi connectivity index (χ2v) is 6.50. The summed E-state index contributed by atoms with van der Waals surface area (Å²) in [6.45, 7) is 2.81. The summed E-state index contributed by atoms with van der Waals surface area (Å²) in [6, 6.07) is 4.96. The highest BCUT2D eigenvalue weighted by Crippen LogP contribution is 2.30. The number of nitrogens with zero attached hydrogens (tertiary/aromatic N) is 2. The first-order valence-electron chi connectivity index (χ1n) is 8.24. The summed E-state index contributed by atoms with van der Waals surface area (Å²) in [4.78, 5) is 7.32. The third-order valence-corrected chi connectivity index (χ3v) is 4.83. The summed E-state index contributed by atoms with van der Waals surface area (Å²) < 4.78 is 5.22. The lowest BCUT2D eigenvalue weighted by Crippen LogP contribution is -2.36. The number of aryl methyl sites for hydroxylation is 2. The molecule has 1 aromatic heterocycles. The van der Waals surface area contributed by atoms with E-state index < -0.39 is 0 Å². The molecule has 0 saturated heterocycles. The normalized spacial score (nSPS) is 24.6. The van der Waals surface area contributed by atoms with Crippen molar-refractivity contribution in [2.45, 2.75) is 44.6 Å². The lowest BCUT2D eigenvalue weighted by molar-refractivity contribution is 0.204. The number of hydrogen-bond acceptors (Lipinski definition) is 4. The Hall–Kier alpha value is -1.13. The zero-order valence-corrected chi connectivity index (χ0v) is 13.1. The van der Waals surface area contributed by atoms with Crippen LogP contribution in [-0.2, 0) is 17.6 Å². The van der Waals surface area contributed by atoms with Crippen molar-refractivity contribution in [2.75, 3.05) is 31.7 Å². The molecule has 21 heavy (non-hydrogen) atoms. The summed E-state index contributed by atoms with van der Waals surface area (Å²) >= 11 is 0. The average molecular weight is 289 g/mol. The third-order valence-electron chi connectivity index (χ3n) is 4.83. The number of aromatic nitrogens is 1. The van der Waals surface area contributed by atoms with Crippen molar-refractivity contribution in [1.82, 2.24) is 4.98 Å². The van der Waals surface area contributed by atoms with E-state index in [4.69, 9.17) is 15.5 Å². The first-order chi connectivity index (χ1) is 10.3. The minimum atomic E-state index is 0.455. The number of hydrogen-bond donors (Lipinski definition) is 1. The Morgan fingerprint density at radius 2 is 2.24 bits per heavy atom. The summed E-state index contributed by atoms with van der Waals surface area (Å²) in [5.74, 6) is 2.02. The van der Waals surface area contributed by atoms with Gasteiger partial charge in [-0.2, -0.15) is 0 Å². The molecule has 116 valence electrons. The van der Waals surface area contributed by atoms with Crippen LogP contribution in [0.1, 0.15) is 36.9 Å². The Kier molecular flexibility index (Phi) is 4.76. The highest BCUT2D eigenvalue weighted by molar-refractivity contribution is 5.50. The monoisotopic (exact) mass is 289 g/mol. The predicted octanol–water partition coefficient (Wildman–Crippen LogP) is 2.15. The van der Waals surface area contributed by atoms with Crippen LogP contribution in [0.2, 0.25) is 0 Å². The van der Waals surface area contributed by atoms with Gasteiger partial charge in [0.25, 0.3) is 0 Å². The number of fused-ring (bicyclic) bond motifs is 1. The molecule has 2 aliphatic rings. The van der Waals surface area contributed by atoms with Crippen LogP contribution < -0.4 is 10.6 Å².